The zero-order valence-electron chi connectivity index (χ0n) is 16.2. The molecule has 0 radical (unpaired) electrons. The monoisotopic (exact) mass is 441 g/mol. The molecule has 14 heteroatoms. The normalized spacial score (nSPS) is 23.3. The summed E-state index contributed by atoms with van der Waals surface area (Å²) in [5, 5.41) is 0. The molecule has 2 aromatic rings. The van der Waals surface area contributed by atoms with Crippen molar-refractivity contribution >= 4 is 47.2 Å². The minimum atomic E-state index is -1.18. The summed E-state index contributed by atoms with van der Waals surface area (Å²) in [5.74, 6) is -2.12. The van der Waals surface area contributed by atoms with Gasteiger partial charge in [0.1, 0.15) is 12.7 Å². The average molecular weight is 441 g/mol. The van der Waals surface area contributed by atoms with Crippen LogP contribution < -0.4 is 11.3 Å². The number of ether oxygens (including phenoxy) is 4. The number of nitrogens with one attached hydrogen (secondary N) is 2. The summed E-state index contributed by atoms with van der Waals surface area (Å²) < 4.78 is 22.8. The molecule has 0 bridgehead atoms. The molecule has 4 N–H and O–H groups in total. The van der Waals surface area contributed by atoms with E-state index in [0.717, 1.165) is 6.92 Å². The van der Waals surface area contributed by atoms with E-state index >= 15 is 0 Å². The second-order valence-corrected chi connectivity index (χ2v) is 6.85. The lowest BCUT2D eigenvalue weighted by atomic mass is 10.1. The number of fused-ring (bicyclic) bond motifs is 1. The van der Waals surface area contributed by atoms with Crippen molar-refractivity contribution in [3.63, 3.8) is 0 Å². The van der Waals surface area contributed by atoms with Gasteiger partial charge in [0.15, 0.2) is 34.4 Å². The van der Waals surface area contributed by atoms with Gasteiger partial charge in [-0.1, -0.05) is 0 Å². The third-order valence-corrected chi connectivity index (χ3v) is 4.49. The number of aromatic amines is 2. The highest BCUT2D eigenvalue weighted by molar-refractivity contribution is 7.71. The van der Waals surface area contributed by atoms with E-state index in [9.17, 15) is 19.2 Å². The number of carbonyl (C=O) groups is 3. The summed E-state index contributed by atoms with van der Waals surface area (Å²) in [6.45, 7) is 3.25. The van der Waals surface area contributed by atoms with Gasteiger partial charge in [-0.05, 0) is 12.2 Å². The van der Waals surface area contributed by atoms with E-state index in [1.165, 1.54) is 18.4 Å². The smallest absolute Gasteiger partial charge is 0.303 e. The zero-order chi connectivity index (χ0) is 22.2. The van der Waals surface area contributed by atoms with E-state index in [1.807, 2.05) is 0 Å². The SMILES string of the molecule is CC(=O)OC[C@H]1O[C@@H](n2c(=S)[nH]c3c(=O)[nH]c(N)nc32)[C@H](OC(C)=O)[C@@H]1OC(C)=O. The van der Waals surface area contributed by atoms with E-state index in [4.69, 9.17) is 36.9 Å². The molecule has 0 saturated carbocycles. The first-order valence-electron chi connectivity index (χ1n) is 8.71. The Kier molecular flexibility index (Phi) is 5.89. The number of nitrogens with two attached hydrogens (primary N) is 1. The Bertz CT molecular complexity index is 1120. The van der Waals surface area contributed by atoms with Gasteiger partial charge in [-0.3, -0.25) is 28.7 Å². The number of carbonyl (C=O) groups excluding carboxylic acids is 3. The van der Waals surface area contributed by atoms with Crippen LogP contribution in [0.2, 0.25) is 0 Å². The second-order valence-electron chi connectivity index (χ2n) is 6.47. The van der Waals surface area contributed by atoms with Crippen molar-refractivity contribution in [1.82, 2.24) is 19.5 Å². The van der Waals surface area contributed by atoms with E-state index in [-0.39, 0.29) is 28.5 Å². The van der Waals surface area contributed by atoms with Gasteiger partial charge < -0.3 is 29.7 Å². The third kappa shape index (κ3) is 4.18. The Morgan fingerprint density at radius 3 is 2.37 bits per heavy atom. The molecule has 0 aliphatic carbocycles. The molecule has 4 atom stereocenters. The van der Waals surface area contributed by atoms with Gasteiger partial charge in [0.2, 0.25) is 5.95 Å². The van der Waals surface area contributed by atoms with Crippen LogP contribution >= 0.6 is 12.2 Å². The van der Waals surface area contributed by atoms with E-state index in [2.05, 4.69) is 15.0 Å². The van der Waals surface area contributed by atoms with Crippen molar-refractivity contribution in [2.45, 2.75) is 45.3 Å². The van der Waals surface area contributed by atoms with E-state index in [0.29, 0.717) is 0 Å². The van der Waals surface area contributed by atoms with Crippen LogP contribution in [0.1, 0.15) is 27.0 Å². The van der Waals surface area contributed by atoms with Crippen LogP contribution in [-0.2, 0) is 33.3 Å². The second kappa shape index (κ2) is 8.23. The summed E-state index contributed by atoms with van der Waals surface area (Å²) in [5.41, 5.74) is 5.13. The van der Waals surface area contributed by atoms with Gasteiger partial charge in [-0.2, -0.15) is 4.98 Å². The summed E-state index contributed by atoms with van der Waals surface area (Å²) in [6.07, 6.45) is -4.45. The fourth-order valence-electron chi connectivity index (χ4n) is 3.17. The predicted molar refractivity (Wildman–Crippen MR) is 102 cm³/mol. The number of hydrogen-bond acceptors (Lipinski definition) is 11. The number of hydrogen-bond donors (Lipinski definition) is 3. The van der Waals surface area contributed by atoms with Crippen LogP contribution in [0.15, 0.2) is 4.79 Å². The van der Waals surface area contributed by atoms with Crippen molar-refractivity contribution in [1.29, 1.82) is 0 Å². The third-order valence-electron chi connectivity index (χ3n) is 4.19. The van der Waals surface area contributed by atoms with Gasteiger partial charge in [-0.15, -0.1) is 0 Å². The lowest BCUT2D eigenvalue weighted by molar-refractivity contribution is -0.166. The van der Waals surface area contributed by atoms with Crippen molar-refractivity contribution in [2.75, 3.05) is 12.3 Å². The summed E-state index contributed by atoms with van der Waals surface area (Å²) >= 11 is 5.29. The Morgan fingerprint density at radius 1 is 1.13 bits per heavy atom. The van der Waals surface area contributed by atoms with Crippen LogP contribution in [0, 0.1) is 4.77 Å². The van der Waals surface area contributed by atoms with Gasteiger partial charge in [0.05, 0.1) is 0 Å². The van der Waals surface area contributed by atoms with Crippen LogP contribution in [-0.4, -0.2) is 62.3 Å². The largest absolute Gasteiger partial charge is 0.463 e. The fourth-order valence-corrected chi connectivity index (χ4v) is 3.46. The Balaban J connectivity index is 2.13. The lowest BCUT2D eigenvalue weighted by Gasteiger charge is -2.23. The maximum atomic E-state index is 12.2. The Hall–Kier alpha value is -3.26. The highest BCUT2D eigenvalue weighted by Gasteiger charge is 2.51. The van der Waals surface area contributed by atoms with E-state index < -0.39 is 48.0 Å². The van der Waals surface area contributed by atoms with Crippen LogP contribution in [0.25, 0.3) is 11.2 Å². The molecule has 0 spiro atoms. The fraction of sp³-hybridized carbons (Fsp3) is 0.500. The highest BCUT2D eigenvalue weighted by atomic mass is 32.1. The topological polar surface area (TPSA) is 181 Å². The predicted octanol–water partition coefficient (Wildman–Crippen LogP) is -0.312. The van der Waals surface area contributed by atoms with Crippen LogP contribution in [0.5, 0.6) is 0 Å². The standard InChI is InChI=1S/C16H19N5O8S/c1-5(22)26-4-8-10(27-6(2)23)11(28-7(3)24)14(29-8)21-12-9(18-16(21)30)13(25)20-15(17)19-12/h8,10-11,14H,4H2,1-3H3,(H,18,30)(H3,17,19,20,25)/t8-,10-,11-,14-/m1/s1. The van der Waals surface area contributed by atoms with Crippen molar-refractivity contribution < 1.29 is 33.3 Å². The number of nitrogens with zero attached hydrogens (tertiary/aromatic N) is 2. The number of nitrogen functional groups attached to an aromatic ring is 1. The summed E-state index contributed by atoms with van der Waals surface area (Å²) in [7, 11) is 0. The highest BCUT2D eigenvalue weighted by Crippen LogP contribution is 2.36. The first-order chi connectivity index (χ1) is 14.1. The minimum absolute atomic E-state index is 0.0189. The number of aromatic nitrogens is 4. The first-order valence-corrected chi connectivity index (χ1v) is 9.12. The van der Waals surface area contributed by atoms with Gasteiger partial charge in [0.25, 0.3) is 5.56 Å². The molecule has 1 aliphatic rings. The molecular formula is C16H19N5O8S. The molecule has 3 heterocycles. The van der Waals surface area contributed by atoms with Crippen molar-refractivity contribution in [3.8, 4) is 0 Å². The summed E-state index contributed by atoms with van der Waals surface area (Å²) in [4.78, 5) is 55.9. The van der Waals surface area contributed by atoms with Crippen LogP contribution in [0.3, 0.4) is 0 Å². The van der Waals surface area contributed by atoms with Crippen molar-refractivity contribution in [3.05, 3.63) is 15.1 Å². The van der Waals surface area contributed by atoms with Gasteiger partial charge >= 0.3 is 17.9 Å². The molecule has 3 rings (SSSR count). The Labute approximate surface area is 173 Å². The first kappa shape index (κ1) is 21.4. The molecule has 0 amide bonds. The molecule has 2 aromatic heterocycles. The molecule has 0 unspecified atom stereocenters. The number of imidazole rings is 1. The summed E-state index contributed by atoms with van der Waals surface area (Å²) in [6, 6.07) is 0. The average Bonchev–Trinajstić information content (AvgIpc) is 3.10. The number of anilines is 1. The molecule has 1 saturated heterocycles. The molecule has 13 nitrogen and oxygen atoms in total. The number of esters is 3. The molecule has 1 aliphatic heterocycles. The Morgan fingerprint density at radius 2 is 1.77 bits per heavy atom. The van der Waals surface area contributed by atoms with Gasteiger partial charge in [-0.25, -0.2) is 0 Å². The molecule has 0 aromatic carbocycles. The van der Waals surface area contributed by atoms with Gasteiger partial charge in [0, 0.05) is 20.8 Å². The minimum Gasteiger partial charge on any atom is -0.463 e. The van der Waals surface area contributed by atoms with Crippen LogP contribution in [0.4, 0.5) is 5.95 Å². The zero-order valence-corrected chi connectivity index (χ0v) is 17.0. The lowest BCUT2D eigenvalue weighted by Crippen LogP contribution is -2.40. The molecule has 162 valence electrons. The molecule has 1 fully saturated rings. The maximum Gasteiger partial charge on any atom is 0.303 e. The maximum absolute atomic E-state index is 12.2. The van der Waals surface area contributed by atoms with Crippen molar-refractivity contribution in [2.24, 2.45) is 0 Å². The van der Waals surface area contributed by atoms with E-state index in [1.54, 1.807) is 0 Å². The number of rotatable bonds is 5. The quantitative estimate of drug-likeness (QED) is 0.314. The molecular weight excluding hydrogens is 422 g/mol. The molecule has 30 heavy (non-hydrogen) atoms. The number of H-pyrrole nitrogens is 2.